The molecule has 0 bridgehead atoms. The average Bonchev–Trinajstić information content (AvgIpc) is 3.28. The Bertz CT molecular complexity index is 1330. The predicted molar refractivity (Wildman–Crippen MR) is 133 cm³/mol. The first-order valence-electron chi connectivity index (χ1n) is 10.4. The van der Waals surface area contributed by atoms with Crippen LogP contribution in [-0.2, 0) is 17.8 Å². The second-order valence-corrected chi connectivity index (χ2v) is 8.79. The van der Waals surface area contributed by atoms with Crippen LogP contribution in [0.2, 0.25) is 5.02 Å². The minimum Gasteiger partial charge on any atom is -0.486 e. The number of benzene rings is 3. The van der Waals surface area contributed by atoms with E-state index in [1.165, 1.54) is 11.3 Å². The smallest absolute Gasteiger partial charge is 0.230 e. The number of nitriles is 1. The summed E-state index contributed by atoms with van der Waals surface area (Å²) in [6.45, 7) is 2.23. The molecule has 1 N–H and O–H groups in total. The maximum atomic E-state index is 12.5. The van der Waals surface area contributed by atoms with Crippen molar-refractivity contribution in [3.63, 3.8) is 0 Å². The molecule has 0 saturated carbocycles. The molecule has 0 aliphatic rings. The Hall–Kier alpha value is -3.86. The van der Waals surface area contributed by atoms with Gasteiger partial charge in [0.15, 0.2) is 0 Å². The van der Waals surface area contributed by atoms with Crippen molar-refractivity contribution < 1.29 is 14.3 Å². The number of ether oxygens (including phenoxy) is 2. The van der Waals surface area contributed by atoms with E-state index in [9.17, 15) is 4.79 Å². The Morgan fingerprint density at radius 2 is 1.76 bits per heavy atom. The molecule has 6 nitrogen and oxygen atoms in total. The zero-order valence-corrected chi connectivity index (χ0v) is 19.8. The summed E-state index contributed by atoms with van der Waals surface area (Å²) in [7, 11) is 0. The molecular weight excluding hydrogens is 470 g/mol. The van der Waals surface area contributed by atoms with E-state index in [4.69, 9.17) is 26.3 Å². The molecule has 0 atom stereocenters. The molecule has 1 amide bonds. The fourth-order valence-electron chi connectivity index (χ4n) is 3.10. The Balaban J connectivity index is 1.30. The third-order valence-corrected chi connectivity index (χ3v) is 5.93. The number of aromatic nitrogens is 1. The number of anilines is 1. The van der Waals surface area contributed by atoms with Crippen molar-refractivity contribution >= 4 is 34.5 Å². The topological polar surface area (TPSA) is 84.2 Å². The fraction of sp³-hybridized carbons (Fsp3) is 0.115. The fourth-order valence-corrected chi connectivity index (χ4v) is 3.94. The number of nitrogens with zero attached hydrogens (tertiary/aromatic N) is 2. The minimum atomic E-state index is -0.153. The summed E-state index contributed by atoms with van der Waals surface area (Å²) in [6.07, 6.45) is 0.167. The van der Waals surface area contributed by atoms with Crippen LogP contribution in [-0.4, -0.2) is 10.9 Å². The van der Waals surface area contributed by atoms with Crippen LogP contribution < -0.4 is 14.8 Å². The maximum absolute atomic E-state index is 12.5. The molecule has 8 heteroatoms. The molecule has 0 saturated heterocycles. The number of nitrogens with one attached hydrogen (secondary N) is 1. The van der Waals surface area contributed by atoms with Crippen molar-refractivity contribution in [2.24, 2.45) is 0 Å². The number of carbonyl (C=O) groups is 1. The Morgan fingerprint density at radius 1 is 1.06 bits per heavy atom. The van der Waals surface area contributed by atoms with Crippen molar-refractivity contribution in [1.82, 2.24) is 4.98 Å². The van der Waals surface area contributed by atoms with Gasteiger partial charge < -0.3 is 14.8 Å². The van der Waals surface area contributed by atoms with E-state index >= 15 is 0 Å². The van der Waals surface area contributed by atoms with E-state index in [-0.39, 0.29) is 12.3 Å². The van der Waals surface area contributed by atoms with Crippen LogP contribution in [0.3, 0.4) is 0 Å². The second-order valence-electron chi connectivity index (χ2n) is 7.42. The molecule has 170 valence electrons. The number of aryl methyl sites for hydroxylation is 1. The van der Waals surface area contributed by atoms with Crippen molar-refractivity contribution in [1.29, 1.82) is 5.26 Å². The molecule has 1 aromatic heterocycles. The van der Waals surface area contributed by atoms with Crippen molar-refractivity contribution in [2.75, 3.05) is 5.32 Å². The predicted octanol–water partition coefficient (Wildman–Crippen LogP) is 6.53. The quantitative estimate of drug-likeness (QED) is 0.304. The summed E-state index contributed by atoms with van der Waals surface area (Å²) < 4.78 is 11.5. The molecule has 0 radical (unpaired) electrons. The number of hydrogen-bond acceptors (Lipinski definition) is 6. The number of thiazole rings is 1. The molecular formula is C26H20ClN3O3S. The summed E-state index contributed by atoms with van der Waals surface area (Å²) in [6, 6.07) is 21.5. The van der Waals surface area contributed by atoms with Crippen molar-refractivity contribution in [2.45, 2.75) is 20.0 Å². The van der Waals surface area contributed by atoms with Gasteiger partial charge in [-0.25, -0.2) is 4.98 Å². The molecule has 34 heavy (non-hydrogen) atoms. The summed E-state index contributed by atoms with van der Waals surface area (Å²) >= 11 is 7.33. The van der Waals surface area contributed by atoms with Gasteiger partial charge in [-0.2, -0.15) is 5.26 Å². The third kappa shape index (κ3) is 6.35. The van der Waals surface area contributed by atoms with Gasteiger partial charge in [-0.05, 0) is 79.2 Å². The van der Waals surface area contributed by atoms with Crippen LogP contribution in [0.5, 0.6) is 17.2 Å². The van der Waals surface area contributed by atoms with E-state index in [1.54, 1.807) is 60.7 Å². The SMILES string of the molecule is Cc1cc(Oc2ccc(C#N)cc2)ccc1NC(=O)Cc1csc(COc2ccc(Cl)cc2)n1. The average molecular weight is 490 g/mol. The van der Waals surface area contributed by atoms with Gasteiger partial charge in [-0.3, -0.25) is 4.79 Å². The molecule has 4 aromatic rings. The minimum absolute atomic E-state index is 0.153. The number of halogens is 1. The lowest BCUT2D eigenvalue weighted by molar-refractivity contribution is -0.115. The maximum Gasteiger partial charge on any atom is 0.230 e. The molecule has 0 aliphatic carbocycles. The van der Waals surface area contributed by atoms with Crippen LogP contribution in [0, 0.1) is 18.3 Å². The van der Waals surface area contributed by atoms with Gasteiger partial charge in [0.2, 0.25) is 5.91 Å². The lowest BCUT2D eigenvalue weighted by atomic mass is 10.2. The second kappa shape index (κ2) is 10.8. The summed E-state index contributed by atoms with van der Waals surface area (Å²) in [5.41, 5.74) is 2.84. The number of rotatable bonds is 8. The van der Waals surface area contributed by atoms with Crippen LogP contribution in [0.15, 0.2) is 72.1 Å². The Labute approximate surface area is 206 Å². The van der Waals surface area contributed by atoms with Crippen LogP contribution in [0.4, 0.5) is 5.69 Å². The van der Waals surface area contributed by atoms with Gasteiger partial charge in [-0.1, -0.05) is 11.6 Å². The first-order valence-corrected chi connectivity index (χ1v) is 11.6. The molecule has 0 fully saturated rings. The molecule has 0 spiro atoms. The first-order chi connectivity index (χ1) is 16.5. The van der Waals surface area contributed by atoms with E-state index in [0.717, 1.165) is 10.6 Å². The number of hydrogen-bond donors (Lipinski definition) is 1. The first kappa shape index (κ1) is 23.3. The van der Waals surface area contributed by atoms with Gasteiger partial charge in [-0.15, -0.1) is 11.3 Å². The Morgan fingerprint density at radius 3 is 2.47 bits per heavy atom. The third-order valence-electron chi connectivity index (χ3n) is 4.81. The van der Waals surface area contributed by atoms with E-state index in [2.05, 4.69) is 16.4 Å². The van der Waals surface area contributed by atoms with E-state index in [1.807, 2.05) is 18.4 Å². The zero-order chi connectivity index (χ0) is 23.9. The molecule has 3 aromatic carbocycles. The number of amides is 1. The highest BCUT2D eigenvalue weighted by atomic mass is 35.5. The summed E-state index contributed by atoms with van der Waals surface area (Å²) in [5, 5.41) is 15.1. The van der Waals surface area contributed by atoms with Crippen molar-refractivity contribution in [3.05, 3.63) is 99.0 Å². The Kier molecular flexibility index (Phi) is 7.43. The summed E-state index contributed by atoms with van der Waals surface area (Å²) in [4.78, 5) is 17.0. The highest BCUT2D eigenvalue weighted by Crippen LogP contribution is 2.26. The van der Waals surface area contributed by atoms with E-state index < -0.39 is 0 Å². The van der Waals surface area contributed by atoms with Gasteiger partial charge in [0, 0.05) is 16.1 Å². The van der Waals surface area contributed by atoms with Crippen LogP contribution in [0.25, 0.3) is 0 Å². The van der Waals surface area contributed by atoms with Gasteiger partial charge in [0.1, 0.15) is 28.9 Å². The molecule has 1 heterocycles. The zero-order valence-electron chi connectivity index (χ0n) is 18.2. The largest absolute Gasteiger partial charge is 0.486 e. The monoisotopic (exact) mass is 489 g/mol. The molecule has 0 unspecified atom stereocenters. The lowest BCUT2D eigenvalue weighted by Gasteiger charge is -2.11. The molecule has 4 rings (SSSR count). The van der Waals surface area contributed by atoms with Gasteiger partial charge in [0.05, 0.1) is 23.7 Å². The van der Waals surface area contributed by atoms with Crippen LogP contribution >= 0.6 is 22.9 Å². The van der Waals surface area contributed by atoms with E-state index in [0.29, 0.717) is 45.8 Å². The normalized spacial score (nSPS) is 10.4. The summed E-state index contributed by atoms with van der Waals surface area (Å²) in [5.74, 6) is 1.83. The van der Waals surface area contributed by atoms with Crippen molar-refractivity contribution in [3.8, 4) is 23.3 Å². The molecule has 0 aliphatic heterocycles. The van der Waals surface area contributed by atoms with Crippen LogP contribution in [0.1, 0.15) is 21.8 Å². The highest BCUT2D eigenvalue weighted by molar-refractivity contribution is 7.09. The standard InChI is InChI=1S/C26H20ClN3O3S/c1-17-12-23(33-22-6-2-18(14-28)3-7-22)10-11-24(17)30-25(31)13-20-16-34-26(29-20)15-32-21-8-4-19(27)5-9-21/h2-12,16H,13,15H2,1H3,(H,30,31). The number of carbonyl (C=O) groups excluding carboxylic acids is 1. The lowest BCUT2D eigenvalue weighted by Crippen LogP contribution is -2.15. The van der Waals surface area contributed by atoms with Gasteiger partial charge in [0.25, 0.3) is 0 Å². The van der Waals surface area contributed by atoms with Gasteiger partial charge >= 0.3 is 0 Å². The highest BCUT2D eigenvalue weighted by Gasteiger charge is 2.11.